The zero-order valence-corrected chi connectivity index (χ0v) is 20.3. The molecule has 0 saturated carbocycles. The third kappa shape index (κ3) is 6.06. The van der Waals surface area contributed by atoms with Gasteiger partial charge in [0.15, 0.2) is 0 Å². The molecular weight excluding hydrogens is 528 g/mol. The van der Waals surface area contributed by atoms with Crippen molar-refractivity contribution in [3.05, 3.63) is 64.5 Å². The number of hydrogen-bond acceptors (Lipinski definition) is 7. The molecule has 0 spiro atoms. The van der Waals surface area contributed by atoms with Crippen LogP contribution in [0.4, 0.5) is 30.6 Å². The summed E-state index contributed by atoms with van der Waals surface area (Å²) in [6.45, 7) is 1.75. The van der Waals surface area contributed by atoms with Gasteiger partial charge in [0.2, 0.25) is 5.95 Å². The number of hydrogen-bond donors (Lipinski definition) is 1. The predicted octanol–water partition coefficient (Wildman–Crippen LogP) is 4.71. The Hall–Kier alpha value is -2.83. The summed E-state index contributed by atoms with van der Waals surface area (Å²) in [5.41, 5.74) is -0.813. The molecule has 0 radical (unpaired) electrons. The minimum absolute atomic E-state index is 0.00712. The van der Waals surface area contributed by atoms with Crippen molar-refractivity contribution in [2.24, 2.45) is 0 Å². The van der Waals surface area contributed by atoms with Gasteiger partial charge in [-0.2, -0.15) is 13.2 Å². The van der Waals surface area contributed by atoms with Crippen molar-refractivity contribution in [2.75, 3.05) is 40.7 Å². The molecule has 0 unspecified atom stereocenters. The van der Waals surface area contributed by atoms with Gasteiger partial charge in [0.25, 0.3) is 10.0 Å². The van der Waals surface area contributed by atoms with E-state index < -0.39 is 21.9 Å². The van der Waals surface area contributed by atoms with E-state index in [0.717, 1.165) is 12.3 Å². The molecule has 1 aliphatic heterocycles. The molecule has 1 saturated heterocycles. The van der Waals surface area contributed by atoms with Crippen LogP contribution >= 0.6 is 23.2 Å². The summed E-state index contributed by atoms with van der Waals surface area (Å²) in [6.07, 6.45) is -1.50. The van der Waals surface area contributed by atoms with Gasteiger partial charge in [-0.05, 0) is 42.8 Å². The zero-order chi connectivity index (χ0) is 25.2. The molecule has 8 nitrogen and oxygen atoms in total. The van der Waals surface area contributed by atoms with E-state index in [1.807, 2.05) is 4.90 Å². The Morgan fingerprint density at radius 2 is 1.63 bits per heavy atom. The highest BCUT2D eigenvalue weighted by Crippen LogP contribution is 2.30. The van der Waals surface area contributed by atoms with Crippen molar-refractivity contribution in [3.63, 3.8) is 0 Å². The SMILES string of the molecule is O=S(=O)(Nc1cnc(N2CCCN(c3nccc(C(F)(F)F)n3)CC2)c(Cl)c1)c1ccc(Cl)cc1. The number of anilines is 3. The van der Waals surface area contributed by atoms with Crippen LogP contribution in [-0.4, -0.2) is 49.5 Å². The lowest BCUT2D eigenvalue weighted by atomic mass is 10.3. The maximum atomic E-state index is 13.0. The van der Waals surface area contributed by atoms with Crippen molar-refractivity contribution in [3.8, 4) is 0 Å². The fraction of sp³-hybridized carbons (Fsp3) is 0.286. The summed E-state index contributed by atoms with van der Waals surface area (Å²) in [4.78, 5) is 15.6. The molecule has 2 aromatic heterocycles. The van der Waals surface area contributed by atoms with Crippen molar-refractivity contribution in [2.45, 2.75) is 17.5 Å². The van der Waals surface area contributed by atoms with Gasteiger partial charge < -0.3 is 9.80 Å². The first kappa shape index (κ1) is 25.3. The predicted molar refractivity (Wildman–Crippen MR) is 128 cm³/mol. The van der Waals surface area contributed by atoms with Gasteiger partial charge in [0.1, 0.15) is 11.5 Å². The summed E-state index contributed by atoms with van der Waals surface area (Å²) in [7, 11) is -3.86. The van der Waals surface area contributed by atoms with Crippen LogP contribution in [0.1, 0.15) is 12.1 Å². The molecule has 35 heavy (non-hydrogen) atoms. The fourth-order valence-electron chi connectivity index (χ4n) is 3.53. The normalized spacial score (nSPS) is 15.1. The largest absolute Gasteiger partial charge is 0.433 e. The quantitative estimate of drug-likeness (QED) is 0.495. The van der Waals surface area contributed by atoms with Crippen molar-refractivity contribution in [1.82, 2.24) is 15.0 Å². The van der Waals surface area contributed by atoms with Crippen LogP contribution in [-0.2, 0) is 16.2 Å². The Bertz CT molecular complexity index is 1310. The summed E-state index contributed by atoms with van der Waals surface area (Å²) in [6, 6.07) is 7.99. The second kappa shape index (κ2) is 10.0. The van der Waals surface area contributed by atoms with Crippen LogP contribution in [0.3, 0.4) is 0 Å². The Balaban J connectivity index is 1.46. The van der Waals surface area contributed by atoms with Gasteiger partial charge >= 0.3 is 6.18 Å². The van der Waals surface area contributed by atoms with Gasteiger partial charge in [-0.3, -0.25) is 4.72 Å². The smallest absolute Gasteiger partial charge is 0.354 e. The lowest BCUT2D eigenvalue weighted by molar-refractivity contribution is -0.141. The second-order valence-electron chi connectivity index (χ2n) is 7.66. The van der Waals surface area contributed by atoms with Crippen molar-refractivity contribution in [1.29, 1.82) is 0 Å². The van der Waals surface area contributed by atoms with E-state index in [1.54, 1.807) is 4.90 Å². The second-order valence-corrected chi connectivity index (χ2v) is 10.2. The molecule has 4 rings (SSSR count). The zero-order valence-electron chi connectivity index (χ0n) is 18.0. The average molecular weight is 547 g/mol. The van der Waals surface area contributed by atoms with Crippen LogP contribution in [0.2, 0.25) is 10.0 Å². The van der Waals surface area contributed by atoms with E-state index >= 15 is 0 Å². The third-order valence-electron chi connectivity index (χ3n) is 5.21. The lowest BCUT2D eigenvalue weighted by Crippen LogP contribution is -2.32. The van der Waals surface area contributed by atoms with Crippen molar-refractivity contribution >= 4 is 50.7 Å². The highest BCUT2D eigenvalue weighted by Gasteiger charge is 2.33. The molecule has 3 aromatic rings. The maximum absolute atomic E-state index is 13.0. The first-order valence-electron chi connectivity index (χ1n) is 10.4. The molecule has 1 aliphatic rings. The number of halogens is 5. The summed E-state index contributed by atoms with van der Waals surface area (Å²) in [5.74, 6) is 0.445. The van der Waals surface area contributed by atoms with E-state index in [2.05, 4.69) is 19.7 Å². The Labute approximate surface area is 209 Å². The molecule has 14 heteroatoms. The topological polar surface area (TPSA) is 91.3 Å². The first-order valence-corrected chi connectivity index (χ1v) is 12.6. The van der Waals surface area contributed by atoms with Crippen LogP contribution in [0.5, 0.6) is 0 Å². The molecular formula is C21H19Cl2F3N6O2S. The minimum Gasteiger partial charge on any atom is -0.354 e. The molecule has 0 aliphatic carbocycles. The van der Waals surface area contributed by atoms with Gasteiger partial charge in [-0.25, -0.2) is 23.4 Å². The van der Waals surface area contributed by atoms with E-state index in [9.17, 15) is 21.6 Å². The first-order chi connectivity index (χ1) is 16.5. The number of nitrogens with one attached hydrogen (secondary N) is 1. The average Bonchev–Trinajstić information content (AvgIpc) is 3.05. The molecule has 0 amide bonds. The molecule has 186 valence electrons. The number of benzene rings is 1. The number of pyridine rings is 1. The number of rotatable bonds is 5. The van der Waals surface area contributed by atoms with Gasteiger partial charge in [0.05, 0.1) is 21.8 Å². The molecule has 3 heterocycles. The van der Waals surface area contributed by atoms with Gasteiger partial charge in [-0.15, -0.1) is 0 Å². The molecule has 1 fully saturated rings. The highest BCUT2D eigenvalue weighted by atomic mass is 35.5. The molecule has 0 bridgehead atoms. The Morgan fingerprint density at radius 3 is 2.31 bits per heavy atom. The summed E-state index contributed by atoms with van der Waals surface area (Å²) < 4.78 is 66.6. The van der Waals surface area contributed by atoms with E-state index in [1.165, 1.54) is 36.5 Å². The Kier molecular flexibility index (Phi) is 7.25. The fourth-order valence-corrected chi connectivity index (χ4v) is 4.98. The number of aromatic nitrogens is 3. The molecule has 1 aromatic carbocycles. The summed E-state index contributed by atoms with van der Waals surface area (Å²) >= 11 is 12.2. The summed E-state index contributed by atoms with van der Waals surface area (Å²) in [5, 5.41) is 0.638. The lowest BCUT2D eigenvalue weighted by Gasteiger charge is -2.24. The molecule has 0 atom stereocenters. The molecule has 1 N–H and O–H groups in total. The van der Waals surface area contributed by atoms with E-state index in [-0.39, 0.29) is 21.6 Å². The third-order valence-corrected chi connectivity index (χ3v) is 7.14. The minimum atomic E-state index is -4.55. The highest BCUT2D eigenvalue weighted by molar-refractivity contribution is 7.92. The maximum Gasteiger partial charge on any atom is 0.433 e. The van der Waals surface area contributed by atoms with E-state index in [4.69, 9.17) is 23.2 Å². The van der Waals surface area contributed by atoms with Gasteiger partial charge in [-0.1, -0.05) is 23.2 Å². The van der Waals surface area contributed by atoms with E-state index in [0.29, 0.717) is 43.4 Å². The number of nitrogens with zero attached hydrogens (tertiary/aromatic N) is 5. The standard InChI is InChI=1S/C21H19Cl2F3N6O2S/c22-14-2-4-16(5-3-14)35(33,34)30-15-12-17(23)19(28-13-15)31-8-1-9-32(11-10-31)20-27-7-6-18(29-20)21(24,25)26/h2-7,12-13,30H,1,8-11H2. The van der Waals surface area contributed by atoms with Crippen molar-refractivity contribution < 1.29 is 21.6 Å². The van der Waals surface area contributed by atoms with Gasteiger partial charge in [0, 0.05) is 37.4 Å². The van der Waals surface area contributed by atoms with Crippen LogP contribution < -0.4 is 14.5 Å². The Morgan fingerprint density at radius 1 is 0.943 bits per heavy atom. The number of alkyl halides is 3. The van der Waals surface area contributed by atoms with Crippen LogP contribution in [0.15, 0.2) is 53.7 Å². The van der Waals surface area contributed by atoms with Crippen LogP contribution in [0, 0.1) is 0 Å². The monoisotopic (exact) mass is 546 g/mol. The number of sulfonamides is 1. The van der Waals surface area contributed by atoms with Crippen LogP contribution in [0.25, 0.3) is 0 Å².